The van der Waals surface area contributed by atoms with Crippen LogP contribution in [0, 0.1) is 20.8 Å². The van der Waals surface area contributed by atoms with Crippen LogP contribution < -0.4 is 4.72 Å². The molecular formula is C15H16N4O2S2. The second-order valence-corrected chi connectivity index (χ2v) is 7.88. The molecular weight excluding hydrogens is 332 g/mol. The summed E-state index contributed by atoms with van der Waals surface area (Å²) in [7, 11) is -3.66. The molecule has 0 unspecified atom stereocenters. The van der Waals surface area contributed by atoms with Crippen molar-refractivity contribution in [3.05, 3.63) is 46.0 Å². The number of rotatable bonds is 4. The van der Waals surface area contributed by atoms with E-state index in [0.717, 1.165) is 16.3 Å². The van der Waals surface area contributed by atoms with Gasteiger partial charge in [0.05, 0.1) is 22.1 Å². The predicted octanol–water partition coefficient (Wildman–Crippen LogP) is 3.26. The monoisotopic (exact) mass is 348 g/mol. The lowest BCUT2D eigenvalue weighted by Crippen LogP contribution is -2.14. The molecule has 0 aliphatic carbocycles. The Kier molecular flexibility index (Phi) is 3.95. The van der Waals surface area contributed by atoms with Gasteiger partial charge >= 0.3 is 0 Å². The maximum atomic E-state index is 12.5. The van der Waals surface area contributed by atoms with Crippen molar-refractivity contribution >= 4 is 27.0 Å². The van der Waals surface area contributed by atoms with Gasteiger partial charge in [-0.3, -0.25) is 9.82 Å². The molecule has 0 radical (unpaired) electrons. The quantitative estimate of drug-likeness (QED) is 0.757. The molecule has 2 N–H and O–H groups in total. The Bertz CT molecular complexity index is 921. The number of nitrogens with zero attached hydrogens (tertiary/aromatic N) is 2. The predicted molar refractivity (Wildman–Crippen MR) is 91.2 cm³/mol. The summed E-state index contributed by atoms with van der Waals surface area (Å²) in [5.74, 6) is 0. The third-order valence-electron chi connectivity index (χ3n) is 3.38. The number of sulfonamides is 1. The maximum Gasteiger partial charge on any atom is 0.265 e. The normalized spacial score (nSPS) is 11.6. The standard InChI is InChI=1S/C15H16N4O2S2/c1-9-15(10(2)18-17-9)23(20,21)19-13-6-4-12(5-7-13)14-8-22-11(3)16-14/h4-8,19H,1-3H3,(H,17,18). The molecule has 0 atom stereocenters. The van der Waals surface area contributed by atoms with Crippen LogP contribution in [0.2, 0.25) is 0 Å². The van der Waals surface area contributed by atoms with Crippen molar-refractivity contribution < 1.29 is 8.42 Å². The van der Waals surface area contributed by atoms with Gasteiger partial charge in [0.15, 0.2) is 0 Å². The van der Waals surface area contributed by atoms with Gasteiger partial charge < -0.3 is 0 Å². The highest BCUT2D eigenvalue weighted by Crippen LogP contribution is 2.25. The number of aromatic nitrogens is 3. The maximum absolute atomic E-state index is 12.5. The highest BCUT2D eigenvalue weighted by Gasteiger charge is 2.22. The number of aryl methyl sites for hydroxylation is 3. The summed E-state index contributed by atoms with van der Waals surface area (Å²) in [6.07, 6.45) is 0. The van der Waals surface area contributed by atoms with E-state index in [2.05, 4.69) is 19.9 Å². The number of thiazole rings is 1. The fourth-order valence-electron chi connectivity index (χ4n) is 2.35. The number of H-pyrrole nitrogens is 1. The van der Waals surface area contributed by atoms with E-state index in [1.165, 1.54) is 0 Å². The second-order valence-electron chi connectivity index (χ2n) is 5.20. The SMILES string of the molecule is Cc1nc(-c2ccc(NS(=O)(=O)c3c(C)n[nH]c3C)cc2)cs1. The van der Waals surface area contributed by atoms with Crippen molar-refractivity contribution in [2.75, 3.05) is 4.72 Å². The zero-order chi connectivity index (χ0) is 16.6. The number of hydrogen-bond acceptors (Lipinski definition) is 5. The topological polar surface area (TPSA) is 87.7 Å². The summed E-state index contributed by atoms with van der Waals surface area (Å²) >= 11 is 1.58. The lowest BCUT2D eigenvalue weighted by atomic mass is 10.1. The van der Waals surface area contributed by atoms with Gasteiger partial charge in [-0.05, 0) is 32.9 Å². The van der Waals surface area contributed by atoms with Crippen LogP contribution in [0.5, 0.6) is 0 Å². The number of nitrogens with one attached hydrogen (secondary N) is 2. The molecule has 0 spiro atoms. The molecule has 6 nitrogen and oxygen atoms in total. The van der Waals surface area contributed by atoms with E-state index in [4.69, 9.17) is 0 Å². The molecule has 0 amide bonds. The molecule has 0 aliphatic rings. The highest BCUT2D eigenvalue weighted by atomic mass is 32.2. The van der Waals surface area contributed by atoms with Gasteiger partial charge in [-0.15, -0.1) is 11.3 Å². The lowest BCUT2D eigenvalue weighted by molar-refractivity contribution is 0.600. The number of anilines is 1. The molecule has 1 aromatic carbocycles. The van der Waals surface area contributed by atoms with E-state index in [0.29, 0.717) is 17.1 Å². The number of benzene rings is 1. The minimum Gasteiger partial charge on any atom is -0.281 e. The zero-order valence-corrected chi connectivity index (χ0v) is 14.5. The third-order valence-corrected chi connectivity index (χ3v) is 5.80. The molecule has 120 valence electrons. The van der Waals surface area contributed by atoms with Crippen LogP contribution in [0.1, 0.15) is 16.4 Å². The largest absolute Gasteiger partial charge is 0.281 e. The fraction of sp³-hybridized carbons (Fsp3) is 0.200. The summed E-state index contributed by atoms with van der Waals surface area (Å²) in [5, 5.41) is 9.59. The Morgan fingerprint density at radius 3 is 2.35 bits per heavy atom. The van der Waals surface area contributed by atoms with Gasteiger partial charge in [-0.25, -0.2) is 13.4 Å². The Balaban J connectivity index is 1.86. The Morgan fingerprint density at radius 1 is 1.13 bits per heavy atom. The van der Waals surface area contributed by atoms with Crippen LogP contribution in [0.25, 0.3) is 11.3 Å². The molecule has 8 heteroatoms. The number of aromatic amines is 1. The van der Waals surface area contributed by atoms with Crippen LogP contribution in [-0.2, 0) is 10.0 Å². The Hall–Kier alpha value is -2.19. The average molecular weight is 348 g/mol. The Morgan fingerprint density at radius 2 is 1.83 bits per heavy atom. The van der Waals surface area contributed by atoms with Gasteiger partial charge in [0.25, 0.3) is 10.0 Å². The minimum absolute atomic E-state index is 0.191. The van der Waals surface area contributed by atoms with Crippen LogP contribution >= 0.6 is 11.3 Å². The van der Waals surface area contributed by atoms with Crippen molar-refractivity contribution in [3.63, 3.8) is 0 Å². The summed E-state index contributed by atoms with van der Waals surface area (Å²) < 4.78 is 27.5. The summed E-state index contributed by atoms with van der Waals surface area (Å²) in [6.45, 7) is 5.29. The van der Waals surface area contributed by atoms with E-state index >= 15 is 0 Å². The van der Waals surface area contributed by atoms with Crippen LogP contribution in [0.3, 0.4) is 0 Å². The van der Waals surface area contributed by atoms with E-state index < -0.39 is 10.0 Å². The molecule has 3 aromatic rings. The van der Waals surface area contributed by atoms with Gasteiger partial charge in [-0.2, -0.15) is 5.10 Å². The second kappa shape index (κ2) is 5.78. The van der Waals surface area contributed by atoms with E-state index in [1.807, 2.05) is 24.4 Å². The van der Waals surface area contributed by atoms with Crippen molar-refractivity contribution in [1.82, 2.24) is 15.2 Å². The average Bonchev–Trinajstić information content (AvgIpc) is 3.06. The van der Waals surface area contributed by atoms with E-state index in [-0.39, 0.29) is 4.90 Å². The van der Waals surface area contributed by atoms with Crippen molar-refractivity contribution in [3.8, 4) is 11.3 Å². The first-order chi connectivity index (χ1) is 10.9. The highest BCUT2D eigenvalue weighted by molar-refractivity contribution is 7.92. The molecule has 0 fully saturated rings. The lowest BCUT2D eigenvalue weighted by Gasteiger charge is -2.08. The first-order valence-corrected chi connectivity index (χ1v) is 9.30. The van der Waals surface area contributed by atoms with Gasteiger partial charge in [0.1, 0.15) is 4.90 Å². The van der Waals surface area contributed by atoms with Crippen molar-refractivity contribution in [2.24, 2.45) is 0 Å². The van der Waals surface area contributed by atoms with Crippen LogP contribution in [-0.4, -0.2) is 23.6 Å². The van der Waals surface area contributed by atoms with E-state index in [9.17, 15) is 8.42 Å². The molecule has 0 bridgehead atoms. The molecule has 2 heterocycles. The first kappa shape index (κ1) is 15.7. The zero-order valence-electron chi connectivity index (χ0n) is 12.9. The van der Waals surface area contributed by atoms with Gasteiger partial charge in [0, 0.05) is 16.6 Å². The number of hydrogen-bond donors (Lipinski definition) is 2. The summed E-state index contributed by atoms with van der Waals surface area (Å²) in [6, 6.07) is 7.15. The molecule has 3 rings (SSSR count). The van der Waals surface area contributed by atoms with Crippen molar-refractivity contribution in [1.29, 1.82) is 0 Å². The third kappa shape index (κ3) is 3.13. The summed E-state index contributed by atoms with van der Waals surface area (Å²) in [5.41, 5.74) is 3.31. The molecule has 2 aromatic heterocycles. The minimum atomic E-state index is -3.66. The molecule has 0 aliphatic heterocycles. The smallest absolute Gasteiger partial charge is 0.265 e. The van der Waals surface area contributed by atoms with Crippen LogP contribution in [0.15, 0.2) is 34.5 Å². The summed E-state index contributed by atoms with van der Waals surface area (Å²) in [4.78, 5) is 4.61. The Labute approximate surface area is 138 Å². The molecule has 23 heavy (non-hydrogen) atoms. The van der Waals surface area contributed by atoms with Crippen LogP contribution in [0.4, 0.5) is 5.69 Å². The fourth-order valence-corrected chi connectivity index (χ4v) is 4.40. The van der Waals surface area contributed by atoms with Gasteiger partial charge in [0.2, 0.25) is 0 Å². The first-order valence-electron chi connectivity index (χ1n) is 6.94. The van der Waals surface area contributed by atoms with Gasteiger partial charge in [-0.1, -0.05) is 12.1 Å². The van der Waals surface area contributed by atoms with Crippen molar-refractivity contribution in [2.45, 2.75) is 25.7 Å². The van der Waals surface area contributed by atoms with E-state index in [1.54, 1.807) is 37.3 Å². The molecule has 0 saturated carbocycles. The molecule has 0 saturated heterocycles.